The van der Waals surface area contributed by atoms with Gasteiger partial charge in [-0.1, -0.05) is 0 Å². The summed E-state index contributed by atoms with van der Waals surface area (Å²) < 4.78 is 0. The minimum atomic E-state index is 0.334. The molecule has 0 radical (unpaired) electrons. The summed E-state index contributed by atoms with van der Waals surface area (Å²) in [5.41, 5.74) is 1.39. The minimum absolute atomic E-state index is 0.334. The average Bonchev–Trinajstić information content (AvgIpc) is 2.66. The van der Waals surface area contributed by atoms with E-state index in [0.29, 0.717) is 16.5 Å². The van der Waals surface area contributed by atoms with Gasteiger partial charge in [-0.25, -0.2) is 0 Å². The normalized spacial score (nSPS) is 29.4. The van der Waals surface area contributed by atoms with Gasteiger partial charge in [-0.2, -0.15) is 0 Å². The van der Waals surface area contributed by atoms with Crippen molar-refractivity contribution < 1.29 is 0 Å². The molecule has 0 aromatic heterocycles. The van der Waals surface area contributed by atoms with Gasteiger partial charge in [-0.05, 0) is 118 Å². The Morgan fingerprint density at radius 3 is 1.67 bits per heavy atom. The van der Waals surface area contributed by atoms with Gasteiger partial charge in [0.15, 0.2) is 0 Å². The Balaban J connectivity index is 1.14. The molecule has 4 heteroatoms. The third kappa shape index (κ3) is 5.24. The summed E-state index contributed by atoms with van der Waals surface area (Å²) in [5.74, 6) is 0.937. The molecule has 0 unspecified atom stereocenters. The Hall–Kier alpha value is -0.160. The molecule has 3 saturated heterocycles. The maximum atomic E-state index is 2.87. The highest BCUT2D eigenvalue weighted by Crippen LogP contribution is 2.52. The van der Waals surface area contributed by atoms with E-state index in [9.17, 15) is 0 Å². The topological polar surface area (TPSA) is 13.0 Å². The first-order valence-corrected chi connectivity index (χ1v) is 13.0. The van der Waals surface area contributed by atoms with Crippen LogP contribution in [0.3, 0.4) is 0 Å². The molecule has 30 heavy (non-hydrogen) atoms. The van der Waals surface area contributed by atoms with Crippen LogP contribution in [0.2, 0.25) is 0 Å². The molecule has 1 saturated carbocycles. The molecule has 0 amide bonds. The Kier molecular flexibility index (Phi) is 6.63. The lowest BCUT2D eigenvalue weighted by Gasteiger charge is -2.57. The number of piperidine rings is 2. The van der Waals surface area contributed by atoms with Crippen LogP contribution in [0.25, 0.3) is 0 Å². The first kappa shape index (κ1) is 23.0. The van der Waals surface area contributed by atoms with Crippen LogP contribution < -0.4 is 0 Å². The molecule has 0 bridgehead atoms. The second-order valence-electron chi connectivity index (χ2n) is 13.2. The van der Waals surface area contributed by atoms with Crippen LogP contribution in [-0.4, -0.2) is 95.6 Å². The van der Waals surface area contributed by atoms with Crippen molar-refractivity contribution in [3.05, 3.63) is 0 Å². The van der Waals surface area contributed by atoms with Gasteiger partial charge in [-0.3, -0.25) is 9.80 Å². The van der Waals surface area contributed by atoms with Gasteiger partial charge in [0.05, 0.1) is 0 Å². The molecule has 4 aliphatic rings. The molecule has 174 valence electrons. The fourth-order valence-corrected chi connectivity index (χ4v) is 6.73. The second kappa shape index (κ2) is 8.65. The first-order valence-electron chi connectivity index (χ1n) is 13.0. The van der Waals surface area contributed by atoms with Crippen molar-refractivity contribution >= 4 is 0 Å². The Morgan fingerprint density at radius 1 is 0.667 bits per heavy atom. The number of hydrogen-bond acceptors (Lipinski definition) is 4. The van der Waals surface area contributed by atoms with Gasteiger partial charge < -0.3 is 9.80 Å². The summed E-state index contributed by atoms with van der Waals surface area (Å²) in [5, 5.41) is 0. The zero-order valence-electron chi connectivity index (χ0n) is 21.1. The molecular weight excluding hydrogens is 368 g/mol. The van der Waals surface area contributed by atoms with Gasteiger partial charge in [0.1, 0.15) is 0 Å². The van der Waals surface area contributed by atoms with E-state index in [0.717, 1.165) is 12.0 Å². The van der Waals surface area contributed by atoms with E-state index in [2.05, 4.69) is 61.1 Å². The van der Waals surface area contributed by atoms with Gasteiger partial charge in [0, 0.05) is 49.8 Å². The average molecular weight is 419 g/mol. The maximum Gasteiger partial charge on any atom is 0.0126 e. The SMILES string of the molecule is CC(C)(C)N1CCN(CC2CCN(C3CC4(CCN(C(C)(C)C)CC4)C3)CC2)CC1. The van der Waals surface area contributed by atoms with Crippen molar-refractivity contribution in [1.82, 2.24) is 19.6 Å². The van der Waals surface area contributed by atoms with Crippen LogP contribution in [-0.2, 0) is 0 Å². The van der Waals surface area contributed by atoms with E-state index < -0.39 is 0 Å². The molecule has 3 heterocycles. The van der Waals surface area contributed by atoms with Crippen LogP contribution in [0.1, 0.15) is 80.1 Å². The number of piperazine rings is 1. The van der Waals surface area contributed by atoms with Crippen molar-refractivity contribution in [1.29, 1.82) is 0 Å². The van der Waals surface area contributed by atoms with E-state index in [-0.39, 0.29) is 0 Å². The van der Waals surface area contributed by atoms with Gasteiger partial charge in [-0.15, -0.1) is 0 Å². The highest BCUT2D eigenvalue weighted by molar-refractivity contribution is 5.02. The van der Waals surface area contributed by atoms with E-state index in [1.54, 1.807) is 0 Å². The quantitative estimate of drug-likeness (QED) is 0.682. The molecule has 0 atom stereocenters. The molecular formula is C26H50N4. The summed E-state index contributed by atoms with van der Waals surface area (Å²) >= 11 is 0. The Labute approximate surface area is 187 Å². The summed E-state index contributed by atoms with van der Waals surface area (Å²) in [6, 6.07) is 0.905. The predicted molar refractivity (Wildman–Crippen MR) is 128 cm³/mol. The minimum Gasteiger partial charge on any atom is -0.301 e. The summed E-state index contributed by atoms with van der Waals surface area (Å²) in [6.07, 6.45) is 8.73. The van der Waals surface area contributed by atoms with Crippen LogP contribution in [0, 0.1) is 11.3 Å². The Bertz CT molecular complexity index is 543. The molecule has 4 fully saturated rings. The third-order valence-electron chi connectivity index (χ3n) is 9.11. The number of likely N-dealkylation sites (tertiary alicyclic amines) is 2. The molecule has 0 aromatic rings. The molecule has 1 spiro atoms. The standard InChI is InChI=1S/C26H50N4/c1-24(2,3)29-13-9-26(10-14-29)19-23(20-26)28-11-7-22(8-12-28)21-27-15-17-30(18-16-27)25(4,5)6/h22-23H,7-21H2,1-6H3. The molecule has 3 aliphatic heterocycles. The predicted octanol–water partition coefficient (Wildman–Crippen LogP) is 4.16. The first-order chi connectivity index (χ1) is 14.0. The number of rotatable bonds is 3. The van der Waals surface area contributed by atoms with E-state index in [1.165, 1.54) is 97.4 Å². The zero-order valence-corrected chi connectivity index (χ0v) is 21.1. The molecule has 4 rings (SSSR count). The maximum absolute atomic E-state index is 2.87. The van der Waals surface area contributed by atoms with Crippen LogP contribution in [0.4, 0.5) is 0 Å². The van der Waals surface area contributed by atoms with E-state index >= 15 is 0 Å². The van der Waals surface area contributed by atoms with Crippen molar-refractivity contribution in [3.8, 4) is 0 Å². The van der Waals surface area contributed by atoms with Crippen molar-refractivity contribution in [2.75, 3.05) is 58.9 Å². The summed E-state index contributed by atoms with van der Waals surface area (Å²) in [6.45, 7) is 26.0. The van der Waals surface area contributed by atoms with Gasteiger partial charge in [0.25, 0.3) is 0 Å². The summed E-state index contributed by atoms with van der Waals surface area (Å²) in [4.78, 5) is 11.0. The number of hydrogen-bond donors (Lipinski definition) is 0. The molecule has 1 aliphatic carbocycles. The van der Waals surface area contributed by atoms with Crippen LogP contribution in [0.5, 0.6) is 0 Å². The molecule has 4 nitrogen and oxygen atoms in total. The van der Waals surface area contributed by atoms with Gasteiger partial charge in [0.2, 0.25) is 0 Å². The van der Waals surface area contributed by atoms with Crippen molar-refractivity contribution in [2.45, 2.75) is 97.2 Å². The van der Waals surface area contributed by atoms with Crippen LogP contribution >= 0.6 is 0 Å². The van der Waals surface area contributed by atoms with Crippen molar-refractivity contribution in [2.24, 2.45) is 11.3 Å². The third-order valence-corrected chi connectivity index (χ3v) is 9.11. The number of nitrogens with zero attached hydrogens (tertiary/aromatic N) is 4. The lowest BCUT2D eigenvalue weighted by molar-refractivity contribution is -0.0659. The largest absolute Gasteiger partial charge is 0.301 e. The highest BCUT2D eigenvalue weighted by Gasteiger charge is 2.48. The molecule has 0 N–H and O–H groups in total. The molecule has 0 aromatic carbocycles. The van der Waals surface area contributed by atoms with E-state index in [1.807, 2.05) is 0 Å². The van der Waals surface area contributed by atoms with Gasteiger partial charge >= 0.3 is 0 Å². The van der Waals surface area contributed by atoms with E-state index in [4.69, 9.17) is 0 Å². The Morgan fingerprint density at radius 2 is 1.17 bits per heavy atom. The van der Waals surface area contributed by atoms with Crippen LogP contribution in [0.15, 0.2) is 0 Å². The fourth-order valence-electron chi connectivity index (χ4n) is 6.73. The lowest BCUT2D eigenvalue weighted by atomic mass is 9.59. The lowest BCUT2D eigenvalue weighted by Crippen LogP contribution is -2.58. The summed E-state index contributed by atoms with van der Waals surface area (Å²) in [7, 11) is 0. The van der Waals surface area contributed by atoms with Crippen molar-refractivity contribution in [3.63, 3.8) is 0 Å². The highest BCUT2D eigenvalue weighted by atomic mass is 15.3. The monoisotopic (exact) mass is 418 g/mol. The zero-order chi connectivity index (χ0) is 21.6. The second-order valence-corrected chi connectivity index (χ2v) is 13.2. The fraction of sp³-hybridized carbons (Fsp3) is 1.00. The smallest absolute Gasteiger partial charge is 0.0126 e.